The minimum absolute atomic E-state index is 0.164. The van der Waals surface area contributed by atoms with E-state index in [1.54, 1.807) is 6.92 Å². The molecular weight excluding hydrogens is 231 g/mol. The molecule has 0 saturated carbocycles. The molecular formula is C12H22F3NO. The van der Waals surface area contributed by atoms with Gasteiger partial charge in [0.05, 0.1) is 12.5 Å². The summed E-state index contributed by atoms with van der Waals surface area (Å²) < 4.78 is 42.1. The number of alkyl halides is 3. The van der Waals surface area contributed by atoms with Crippen LogP contribution in [0.25, 0.3) is 0 Å². The van der Waals surface area contributed by atoms with Gasteiger partial charge in [0, 0.05) is 18.7 Å². The first kappa shape index (κ1) is 14.8. The van der Waals surface area contributed by atoms with Gasteiger partial charge in [0.15, 0.2) is 0 Å². The second kappa shape index (κ2) is 6.59. The van der Waals surface area contributed by atoms with Crippen LogP contribution in [0.1, 0.15) is 46.0 Å². The van der Waals surface area contributed by atoms with Crippen LogP contribution in [0, 0.1) is 0 Å². The molecule has 17 heavy (non-hydrogen) atoms. The normalized spacial score (nSPS) is 28.1. The van der Waals surface area contributed by atoms with E-state index in [-0.39, 0.29) is 12.1 Å². The Morgan fingerprint density at radius 2 is 2.12 bits per heavy atom. The van der Waals surface area contributed by atoms with E-state index in [0.717, 1.165) is 25.7 Å². The molecule has 1 N–H and O–H groups in total. The van der Waals surface area contributed by atoms with Crippen molar-refractivity contribution >= 4 is 0 Å². The fourth-order valence-electron chi connectivity index (χ4n) is 2.36. The van der Waals surface area contributed by atoms with E-state index < -0.39 is 18.6 Å². The molecule has 3 unspecified atom stereocenters. The second-order valence-corrected chi connectivity index (χ2v) is 4.89. The van der Waals surface area contributed by atoms with Crippen molar-refractivity contribution < 1.29 is 17.9 Å². The summed E-state index contributed by atoms with van der Waals surface area (Å²) in [6.45, 7) is 4.34. The highest BCUT2D eigenvalue weighted by Gasteiger charge is 2.31. The van der Waals surface area contributed by atoms with E-state index in [1.807, 2.05) is 0 Å². The first-order valence-corrected chi connectivity index (χ1v) is 6.35. The van der Waals surface area contributed by atoms with Gasteiger partial charge in [0.1, 0.15) is 0 Å². The van der Waals surface area contributed by atoms with E-state index in [4.69, 9.17) is 4.74 Å². The monoisotopic (exact) mass is 253 g/mol. The summed E-state index contributed by atoms with van der Waals surface area (Å²) in [5.41, 5.74) is 0. The second-order valence-electron chi connectivity index (χ2n) is 4.89. The summed E-state index contributed by atoms with van der Waals surface area (Å²) in [6, 6.07) is -0.349. The molecule has 1 rings (SSSR count). The Morgan fingerprint density at radius 3 is 2.71 bits per heavy atom. The lowest BCUT2D eigenvalue weighted by molar-refractivity contribution is -0.140. The van der Waals surface area contributed by atoms with Crippen molar-refractivity contribution in [1.82, 2.24) is 5.32 Å². The lowest BCUT2D eigenvalue weighted by atomic mass is 9.99. The Labute approximate surface area is 101 Å². The van der Waals surface area contributed by atoms with Crippen LogP contribution in [-0.4, -0.2) is 31.0 Å². The standard InChI is InChI=1S/C12H22F3NO/c1-3-4-11-7-10(5-6-17-11)16-9(2)8-12(13,14)15/h9-11,16H,3-8H2,1-2H3. The molecule has 102 valence electrons. The molecule has 0 spiro atoms. The molecule has 0 aromatic carbocycles. The van der Waals surface area contributed by atoms with E-state index in [1.165, 1.54) is 0 Å². The van der Waals surface area contributed by atoms with Crippen LogP contribution in [0.3, 0.4) is 0 Å². The third-order valence-corrected chi connectivity index (χ3v) is 3.04. The summed E-state index contributed by atoms with van der Waals surface area (Å²) in [4.78, 5) is 0. The molecule has 0 aromatic rings. The fraction of sp³-hybridized carbons (Fsp3) is 1.00. The highest BCUT2D eigenvalue weighted by atomic mass is 19.4. The van der Waals surface area contributed by atoms with Gasteiger partial charge in [-0.2, -0.15) is 13.2 Å². The maximum absolute atomic E-state index is 12.2. The highest BCUT2D eigenvalue weighted by Crippen LogP contribution is 2.23. The fourth-order valence-corrected chi connectivity index (χ4v) is 2.36. The summed E-state index contributed by atoms with van der Waals surface area (Å²) in [7, 11) is 0. The lowest BCUT2D eigenvalue weighted by Crippen LogP contribution is -2.44. The van der Waals surface area contributed by atoms with Crippen LogP contribution >= 0.6 is 0 Å². The van der Waals surface area contributed by atoms with Crippen molar-refractivity contribution in [3.8, 4) is 0 Å². The molecule has 1 heterocycles. The Bertz CT molecular complexity index is 218. The van der Waals surface area contributed by atoms with Crippen LogP contribution in [0.15, 0.2) is 0 Å². The Morgan fingerprint density at radius 1 is 1.41 bits per heavy atom. The SMILES string of the molecule is CCCC1CC(NC(C)CC(F)(F)F)CCO1. The van der Waals surface area contributed by atoms with Crippen molar-refractivity contribution in [2.24, 2.45) is 0 Å². The van der Waals surface area contributed by atoms with E-state index in [0.29, 0.717) is 6.61 Å². The Hall–Kier alpha value is -0.290. The summed E-state index contributed by atoms with van der Waals surface area (Å²) in [5, 5.41) is 3.06. The molecule has 0 bridgehead atoms. The maximum atomic E-state index is 12.2. The van der Waals surface area contributed by atoms with Gasteiger partial charge in [-0.15, -0.1) is 0 Å². The first-order valence-electron chi connectivity index (χ1n) is 6.35. The zero-order valence-electron chi connectivity index (χ0n) is 10.5. The number of nitrogens with one attached hydrogen (secondary N) is 1. The first-order chi connectivity index (χ1) is 7.90. The molecule has 2 nitrogen and oxygen atoms in total. The number of halogens is 3. The number of hydrogen-bond donors (Lipinski definition) is 1. The number of hydrogen-bond acceptors (Lipinski definition) is 2. The van der Waals surface area contributed by atoms with E-state index in [2.05, 4.69) is 12.2 Å². The van der Waals surface area contributed by atoms with Gasteiger partial charge < -0.3 is 10.1 Å². The van der Waals surface area contributed by atoms with Crippen LogP contribution in [0.4, 0.5) is 13.2 Å². The van der Waals surface area contributed by atoms with Gasteiger partial charge >= 0.3 is 6.18 Å². The molecule has 3 atom stereocenters. The molecule has 1 saturated heterocycles. The summed E-state index contributed by atoms with van der Waals surface area (Å²) in [5.74, 6) is 0. The van der Waals surface area contributed by atoms with Gasteiger partial charge in [0.25, 0.3) is 0 Å². The average molecular weight is 253 g/mol. The molecule has 5 heteroatoms. The maximum Gasteiger partial charge on any atom is 0.390 e. The van der Waals surface area contributed by atoms with Crippen molar-refractivity contribution in [3.05, 3.63) is 0 Å². The molecule has 1 aliphatic heterocycles. The van der Waals surface area contributed by atoms with Crippen molar-refractivity contribution in [2.75, 3.05) is 6.61 Å². The topological polar surface area (TPSA) is 21.3 Å². The predicted molar refractivity (Wildman–Crippen MR) is 60.9 cm³/mol. The van der Waals surface area contributed by atoms with Gasteiger partial charge in [-0.3, -0.25) is 0 Å². The Kier molecular flexibility index (Phi) is 5.73. The Balaban J connectivity index is 2.30. The van der Waals surface area contributed by atoms with Crippen molar-refractivity contribution in [1.29, 1.82) is 0 Å². The third kappa shape index (κ3) is 6.27. The molecule has 1 fully saturated rings. The molecule has 0 aromatic heterocycles. The molecule has 0 aliphatic carbocycles. The summed E-state index contributed by atoms with van der Waals surface area (Å²) >= 11 is 0. The number of ether oxygens (including phenoxy) is 1. The van der Waals surface area contributed by atoms with Gasteiger partial charge in [-0.25, -0.2) is 0 Å². The van der Waals surface area contributed by atoms with Gasteiger partial charge in [-0.1, -0.05) is 13.3 Å². The van der Waals surface area contributed by atoms with E-state index in [9.17, 15) is 13.2 Å². The van der Waals surface area contributed by atoms with Crippen LogP contribution in [0.2, 0.25) is 0 Å². The minimum atomic E-state index is -4.08. The zero-order valence-corrected chi connectivity index (χ0v) is 10.5. The van der Waals surface area contributed by atoms with Crippen molar-refractivity contribution in [3.63, 3.8) is 0 Å². The van der Waals surface area contributed by atoms with Crippen LogP contribution < -0.4 is 5.32 Å². The van der Waals surface area contributed by atoms with E-state index >= 15 is 0 Å². The smallest absolute Gasteiger partial charge is 0.378 e. The molecule has 1 aliphatic rings. The van der Waals surface area contributed by atoms with Crippen LogP contribution in [-0.2, 0) is 4.74 Å². The molecule has 0 radical (unpaired) electrons. The zero-order chi connectivity index (χ0) is 12.9. The summed E-state index contributed by atoms with van der Waals surface area (Å²) in [6.07, 6.45) is -0.951. The average Bonchev–Trinajstić information content (AvgIpc) is 2.15. The molecule has 0 amide bonds. The van der Waals surface area contributed by atoms with Crippen LogP contribution in [0.5, 0.6) is 0 Å². The quantitative estimate of drug-likeness (QED) is 0.812. The van der Waals surface area contributed by atoms with Crippen molar-refractivity contribution in [2.45, 2.75) is 70.3 Å². The lowest BCUT2D eigenvalue weighted by Gasteiger charge is -2.32. The largest absolute Gasteiger partial charge is 0.390 e. The van der Waals surface area contributed by atoms with Gasteiger partial charge in [-0.05, 0) is 26.2 Å². The number of rotatable bonds is 5. The van der Waals surface area contributed by atoms with Gasteiger partial charge in [0.2, 0.25) is 0 Å². The highest BCUT2D eigenvalue weighted by molar-refractivity contribution is 4.80. The predicted octanol–water partition coefficient (Wildman–Crippen LogP) is 3.26. The third-order valence-electron chi connectivity index (χ3n) is 3.04. The minimum Gasteiger partial charge on any atom is -0.378 e.